The number of unbranched alkanes of at least 4 members (excludes halogenated alkanes) is 2. The van der Waals surface area contributed by atoms with E-state index in [1.807, 2.05) is 18.2 Å². The predicted octanol–water partition coefficient (Wildman–Crippen LogP) is 3.06. The number of aliphatic hydroxyl groups excluding tert-OH is 1. The van der Waals surface area contributed by atoms with E-state index in [1.165, 1.54) is 12.8 Å². The van der Waals surface area contributed by atoms with Crippen molar-refractivity contribution in [2.75, 3.05) is 0 Å². The zero-order valence-corrected chi connectivity index (χ0v) is 8.00. The van der Waals surface area contributed by atoms with E-state index in [-0.39, 0.29) is 6.10 Å². The van der Waals surface area contributed by atoms with Gasteiger partial charge in [0, 0.05) is 0 Å². The third-order valence-electron chi connectivity index (χ3n) is 1.76. The molecule has 70 valence electrons. The maximum absolute atomic E-state index is 9.38. The smallest absolute Gasteiger partial charge is 0.0721 e. The summed E-state index contributed by atoms with van der Waals surface area (Å²) in [4.78, 5) is 0. The van der Waals surface area contributed by atoms with Crippen LogP contribution in [0.25, 0.3) is 0 Å². The topological polar surface area (TPSA) is 20.2 Å². The summed E-state index contributed by atoms with van der Waals surface area (Å²) < 4.78 is 0. The first-order chi connectivity index (χ1) is 5.81. The van der Waals surface area contributed by atoms with Crippen molar-refractivity contribution in [3.8, 4) is 0 Å². The van der Waals surface area contributed by atoms with Crippen LogP contribution in [0.1, 0.15) is 39.0 Å². The Labute approximate surface area is 75.8 Å². The highest BCUT2D eigenvalue weighted by Crippen LogP contribution is 2.04. The molecule has 0 radical (unpaired) electrons. The summed E-state index contributed by atoms with van der Waals surface area (Å²) in [5, 5.41) is 9.38. The molecular weight excluding hydrogens is 148 g/mol. The SMILES string of the molecule is C=CC/C=C/C(O)CCCCC. The number of aliphatic hydroxyl groups is 1. The van der Waals surface area contributed by atoms with E-state index in [4.69, 9.17) is 0 Å². The largest absolute Gasteiger partial charge is 0.389 e. The molecule has 0 aromatic carbocycles. The molecule has 1 heteroatoms. The predicted molar refractivity (Wildman–Crippen MR) is 54.1 cm³/mol. The van der Waals surface area contributed by atoms with Gasteiger partial charge in [-0.25, -0.2) is 0 Å². The third kappa shape index (κ3) is 7.55. The molecule has 0 aliphatic rings. The second kappa shape index (κ2) is 8.54. The van der Waals surface area contributed by atoms with Crippen LogP contribution in [0.5, 0.6) is 0 Å². The van der Waals surface area contributed by atoms with Gasteiger partial charge in [0.25, 0.3) is 0 Å². The average molecular weight is 168 g/mol. The molecule has 0 saturated carbocycles. The third-order valence-corrected chi connectivity index (χ3v) is 1.76. The van der Waals surface area contributed by atoms with Crippen molar-refractivity contribution in [2.24, 2.45) is 0 Å². The maximum Gasteiger partial charge on any atom is 0.0721 e. The molecule has 0 aromatic heterocycles. The fraction of sp³-hybridized carbons (Fsp3) is 0.636. The molecular formula is C11H20O. The van der Waals surface area contributed by atoms with Crippen LogP contribution in [0, 0.1) is 0 Å². The first kappa shape index (κ1) is 11.4. The Kier molecular flexibility index (Phi) is 8.14. The van der Waals surface area contributed by atoms with Crippen LogP contribution in [0.2, 0.25) is 0 Å². The van der Waals surface area contributed by atoms with Crippen molar-refractivity contribution in [3.05, 3.63) is 24.8 Å². The van der Waals surface area contributed by atoms with Crippen molar-refractivity contribution in [1.29, 1.82) is 0 Å². The van der Waals surface area contributed by atoms with Crippen LogP contribution in [-0.2, 0) is 0 Å². The van der Waals surface area contributed by atoms with E-state index in [0.29, 0.717) is 0 Å². The van der Waals surface area contributed by atoms with Crippen molar-refractivity contribution >= 4 is 0 Å². The minimum atomic E-state index is -0.253. The van der Waals surface area contributed by atoms with E-state index in [2.05, 4.69) is 13.5 Å². The highest BCUT2D eigenvalue weighted by atomic mass is 16.3. The van der Waals surface area contributed by atoms with E-state index in [1.54, 1.807) is 0 Å². The number of hydrogen-bond donors (Lipinski definition) is 1. The molecule has 0 heterocycles. The lowest BCUT2D eigenvalue weighted by molar-refractivity contribution is 0.208. The Morgan fingerprint density at radius 2 is 2.17 bits per heavy atom. The molecule has 12 heavy (non-hydrogen) atoms. The van der Waals surface area contributed by atoms with Gasteiger partial charge in [0.2, 0.25) is 0 Å². The van der Waals surface area contributed by atoms with Gasteiger partial charge in [-0.05, 0) is 12.8 Å². The van der Waals surface area contributed by atoms with Crippen molar-refractivity contribution < 1.29 is 5.11 Å². The Morgan fingerprint density at radius 3 is 2.75 bits per heavy atom. The van der Waals surface area contributed by atoms with Gasteiger partial charge in [-0.1, -0.05) is 44.4 Å². The van der Waals surface area contributed by atoms with Gasteiger partial charge >= 0.3 is 0 Å². The van der Waals surface area contributed by atoms with Gasteiger partial charge in [-0.2, -0.15) is 0 Å². The number of rotatable bonds is 7. The Bertz CT molecular complexity index is 127. The van der Waals surface area contributed by atoms with Gasteiger partial charge in [-0.15, -0.1) is 6.58 Å². The minimum Gasteiger partial charge on any atom is -0.389 e. The van der Waals surface area contributed by atoms with Crippen LogP contribution in [0.4, 0.5) is 0 Å². The van der Waals surface area contributed by atoms with E-state index in [0.717, 1.165) is 19.3 Å². The molecule has 0 bridgehead atoms. The summed E-state index contributed by atoms with van der Waals surface area (Å²) in [6.45, 7) is 5.77. The highest BCUT2D eigenvalue weighted by Gasteiger charge is 1.96. The van der Waals surface area contributed by atoms with Gasteiger partial charge in [0.05, 0.1) is 6.10 Å². The molecule has 0 aliphatic heterocycles. The fourth-order valence-corrected chi connectivity index (χ4v) is 1.03. The van der Waals surface area contributed by atoms with E-state index in [9.17, 15) is 5.11 Å². The van der Waals surface area contributed by atoms with E-state index >= 15 is 0 Å². The lowest BCUT2D eigenvalue weighted by atomic mass is 10.1. The normalized spacial score (nSPS) is 13.5. The van der Waals surface area contributed by atoms with E-state index < -0.39 is 0 Å². The summed E-state index contributed by atoms with van der Waals surface area (Å²) in [5.74, 6) is 0. The molecule has 1 atom stereocenters. The maximum atomic E-state index is 9.38. The minimum absolute atomic E-state index is 0.253. The second-order valence-electron chi connectivity index (χ2n) is 3.02. The fourth-order valence-electron chi connectivity index (χ4n) is 1.03. The van der Waals surface area contributed by atoms with Gasteiger partial charge in [0.1, 0.15) is 0 Å². The van der Waals surface area contributed by atoms with Crippen LogP contribution >= 0.6 is 0 Å². The zero-order valence-electron chi connectivity index (χ0n) is 8.00. The number of hydrogen-bond acceptors (Lipinski definition) is 1. The Hall–Kier alpha value is -0.560. The van der Waals surface area contributed by atoms with Crippen LogP contribution < -0.4 is 0 Å². The summed E-state index contributed by atoms with van der Waals surface area (Å²) in [7, 11) is 0. The first-order valence-corrected chi connectivity index (χ1v) is 4.76. The van der Waals surface area contributed by atoms with Crippen LogP contribution in [0.3, 0.4) is 0 Å². The molecule has 1 nitrogen and oxygen atoms in total. The lowest BCUT2D eigenvalue weighted by Crippen LogP contribution is -2.00. The molecule has 0 aromatic rings. The summed E-state index contributed by atoms with van der Waals surface area (Å²) in [6.07, 6.45) is 10.7. The lowest BCUT2D eigenvalue weighted by Gasteiger charge is -2.03. The molecule has 0 saturated heterocycles. The number of allylic oxidation sites excluding steroid dienone is 2. The molecule has 0 aliphatic carbocycles. The summed E-state index contributed by atoms with van der Waals surface area (Å²) in [6, 6.07) is 0. The molecule has 0 spiro atoms. The molecule has 0 rings (SSSR count). The van der Waals surface area contributed by atoms with Crippen molar-refractivity contribution in [2.45, 2.75) is 45.1 Å². The molecule has 1 N–H and O–H groups in total. The second-order valence-corrected chi connectivity index (χ2v) is 3.02. The van der Waals surface area contributed by atoms with Crippen LogP contribution in [0.15, 0.2) is 24.8 Å². The first-order valence-electron chi connectivity index (χ1n) is 4.76. The molecule has 1 unspecified atom stereocenters. The average Bonchev–Trinajstić information content (AvgIpc) is 2.06. The van der Waals surface area contributed by atoms with Gasteiger partial charge < -0.3 is 5.11 Å². The summed E-state index contributed by atoms with van der Waals surface area (Å²) >= 11 is 0. The van der Waals surface area contributed by atoms with Gasteiger partial charge in [-0.3, -0.25) is 0 Å². The Morgan fingerprint density at radius 1 is 1.42 bits per heavy atom. The van der Waals surface area contributed by atoms with Crippen LogP contribution in [-0.4, -0.2) is 11.2 Å². The Balaban J connectivity index is 3.31. The summed E-state index contributed by atoms with van der Waals surface area (Å²) in [5.41, 5.74) is 0. The zero-order chi connectivity index (χ0) is 9.23. The van der Waals surface area contributed by atoms with Gasteiger partial charge in [0.15, 0.2) is 0 Å². The molecule has 0 amide bonds. The highest BCUT2D eigenvalue weighted by molar-refractivity contribution is 4.92. The quantitative estimate of drug-likeness (QED) is 0.457. The van der Waals surface area contributed by atoms with Crippen molar-refractivity contribution in [3.63, 3.8) is 0 Å². The molecule has 0 fully saturated rings. The van der Waals surface area contributed by atoms with Crippen molar-refractivity contribution in [1.82, 2.24) is 0 Å². The monoisotopic (exact) mass is 168 g/mol. The standard InChI is InChI=1S/C11H20O/c1-3-5-7-9-11(12)10-8-6-4-2/h3,7,9,11-12H,1,4-6,8,10H2,2H3/b9-7+.